The van der Waals surface area contributed by atoms with Crippen LogP contribution >= 0.6 is 27.5 Å². The van der Waals surface area contributed by atoms with Crippen molar-refractivity contribution >= 4 is 50.9 Å². The maximum absolute atomic E-state index is 12.6. The van der Waals surface area contributed by atoms with Gasteiger partial charge in [0.25, 0.3) is 11.6 Å². The molecule has 1 amide bonds. The highest BCUT2D eigenvalue weighted by atomic mass is 79.9. The van der Waals surface area contributed by atoms with E-state index in [1.807, 2.05) is 25.1 Å². The van der Waals surface area contributed by atoms with Gasteiger partial charge in [-0.05, 0) is 70.4 Å². The van der Waals surface area contributed by atoms with Crippen molar-refractivity contribution < 1.29 is 24.3 Å². The number of anilines is 1. The largest absolute Gasteiger partial charge is 0.506 e. The normalized spacial score (nSPS) is 10.9. The number of nitrogens with zero attached hydrogens (tertiary/aromatic N) is 2. The number of hydrogen-bond donors (Lipinski definition) is 2. The second kappa shape index (κ2) is 12.1. The Kier molecular flexibility index (Phi) is 8.89. The number of non-ortho nitro benzene ring substituents is 1. The van der Waals surface area contributed by atoms with Gasteiger partial charge in [0.05, 0.1) is 27.8 Å². The second-order valence-corrected chi connectivity index (χ2v) is 8.55. The van der Waals surface area contributed by atoms with E-state index >= 15 is 0 Å². The van der Waals surface area contributed by atoms with E-state index in [2.05, 4.69) is 21.2 Å². The third kappa shape index (κ3) is 6.75. The number of phenols is 1. The lowest BCUT2D eigenvalue weighted by Gasteiger charge is -2.15. The van der Waals surface area contributed by atoms with Crippen LogP contribution in [0.15, 0.2) is 64.6 Å². The fourth-order valence-electron chi connectivity index (χ4n) is 3.05. The molecule has 0 bridgehead atoms. The quantitative estimate of drug-likeness (QED) is 0.102. The predicted octanol–water partition coefficient (Wildman–Crippen LogP) is 6.24. The summed E-state index contributed by atoms with van der Waals surface area (Å²) in [4.78, 5) is 22.8. The van der Waals surface area contributed by atoms with E-state index in [1.54, 1.807) is 24.3 Å². The summed E-state index contributed by atoms with van der Waals surface area (Å²) >= 11 is 9.38. The third-order valence-corrected chi connectivity index (χ3v) is 5.59. The number of nitro benzene ring substituents is 1. The van der Waals surface area contributed by atoms with Gasteiger partial charge in [0.2, 0.25) is 0 Å². The summed E-state index contributed by atoms with van der Waals surface area (Å²) in [5, 5.41) is 33.3. The van der Waals surface area contributed by atoms with Crippen LogP contribution in [-0.2, 0) is 11.4 Å². The zero-order valence-electron chi connectivity index (χ0n) is 18.8. The number of nitriles is 1. The fourth-order valence-corrected chi connectivity index (χ4v) is 3.75. The number of rotatable bonds is 9. The first-order chi connectivity index (χ1) is 17.2. The number of hydrogen-bond acceptors (Lipinski definition) is 7. The molecule has 0 radical (unpaired) electrons. The molecule has 0 spiro atoms. The Bertz CT molecular complexity index is 1370. The smallest absolute Gasteiger partial charge is 0.273 e. The molecule has 3 aromatic rings. The molecule has 36 heavy (non-hydrogen) atoms. The zero-order valence-corrected chi connectivity index (χ0v) is 21.2. The Morgan fingerprint density at radius 2 is 1.94 bits per heavy atom. The summed E-state index contributed by atoms with van der Waals surface area (Å²) in [5.74, 6) is -0.460. The standard InChI is InChI=1S/C25H19BrClN3O6/c1-2-35-23-11-16(10-20(26)24(23)36-14-15-3-5-18(27)6-4-15)9-17(13-28)25(32)29-21-8-7-19(30(33)34)12-22(21)31/h3-12,31H,2,14H2,1H3,(H,29,32)/b17-9+. The van der Waals surface area contributed by atoms with Crippen LogP contribution in [0.1, 0.15) is 18.1 Å². The number of ether oxygens (including phenoxy) is 2. The van der Waals surface area contributed by atoms with Gasteiger partial charge in [-0.2, -0.15) is 5.26 Å². The van der Waals surface area contributed by atoms with Gasteiger partial charge in [-0.3, -0.25) is 14.9 Å². The predicted molar refractivity (Wildman–Crippen MR) is 138 cm³/mol. The number of phenolic OH excluding ortho intramolecular Hbond substituents is 1. The molecule has 11 heteroatoms. The maximum Gasteiger partial charge on any atom is 0.273 e. The summed E-state index contributed by atoms with van der Waals surface area (Å²) in [6.45, 7) is 2.42. The van der Waals surface area contributed by atoms with Gasteiger partial charge in [-0.15, -0.1) is 0 Å². The molecule has 0 fully saturated rings. The number of carbonyl (C=O) groups excluding carboxylic acids is 1. The highest BCUT2D eigenvalue weighted by Crippen LogP contribution is 2.38. The Morgan fingerprint density at radius 1 is 1.22 bits per heavy atom. The van der Waals surface area contributed by atoms with Crippen molar-refractivity contribution in [1.29, 1.82) is 5.26 Å². The summed E-state index contributed by atoms with van der Waals surface area (Å²) in [6.07, 6.45) is 1.34. The van der Waals surface area contributed by atoms with Gasteiger partial charge in [0.15, 0.2) is 11.5 Å². The van der Waals surface area contributed by atoms with E-state index in [-0.39, 0.29) is 23.6 Å². The van der Waals surface area contributed by atoms with Crippen molar-refractivity contribution in [3.63, 3.8) is 0 Å². The molecule has 9 nitrogen and oxygen atoms in total. The SMILES string of the molecule is CCOc1cc(/C=C(\C#N)C(=O)Nc2ccc([N+](=O)[O-])cc2O)cc(Br)c1OCc1ccc(Cl)cc1. The summed E-state index contributed by atoms with van der Waals surface area (Å²) in [6, 6.07) is 15.5. The van der Waals surface area contributed by atoms with E-state index < -0.39 is 16.6 Å². The Balaban J connectivity index is 1.84. The minimum absolute atomic E-state index is 0.0751. The van der Waals surface area contributed by atoms with Crippen LogP contribution in [0, 0.1) is 21.4 Å². The number of benzene rings is 3. The van der Waals surface area contributed by atoms with Gasteiger partial charge in [-0.25, -0.2) is 0 Å². The van der Waals surface area contributed by atoms with Gasteiger partial charge < -0.3 is 19.9 Å². The summed E-state index contributed by atoms with van der Waals surface area (Å²) in [7, 11) is 0. The summed E-state index contributed by atoms with van der Waals surface area (Å²) < 4.78 is 12.2. The molecule has 0 aliphatic rings. The lowest BCUT2D eigenvalue weighted by atomic mass is 10.1. The second-order valence-electron chi connectivity index (χ2n) is 7.26. The molecule has 0 aromatic heterocycles. The van der Waals surface area contributed by atoms with Crippen molar-refractivity contribution in [2.45, 2.75) is 13.5 Å². The van der Waals surface area contributed by atoms with E-state index in [0.29, 0.717) is 33.2 Å². The molecule has 0 aliphatic heterocycles. The Labute approximate surface area is 219 Å². The summed E-state index contributed by atoms with van der Waals surface area (Å²) in [5.41, 5.74) is 0.693. The third-order valence-electron chi connectivity index (χ3n) is 4.74. The first-order valence-electron chi connectivity index (χ1n) is 10.5. The van der Waals surface area contributed by atoms with Crippen LogP contribution in [0.3, 0.4) is 0 Å². The first-order valence-corrected chi connectivity index (χ1v) is 11.6. The monoisotopic (exact) mass is 571 g/mol. The van der Waals surface area contributed by atoms with E-state index in [9.17, 15) is 25.3 Å². The average Bonchev–Trinajstić information content (AvgIpc) is 2.84. The van der Waals surface area contributed by atoms with Crippen molar-refractivity contribution in [3.05, 3.63) is 90.9 Å². The topological polar surface area (TPSA) is 135 Å². The number of aromatic hydroxyl groups is 1. The van der Waals surface area contributed by atoms with Crippen molar-refractivity contribution in [3.8, 4) is 23.3 Å². The highest BCUT2D eigenvalue weighted by molar-refractivity contribution is 9.10. The number of halogens is 2. The number of nitrogens with one attached hydrogen (secondary N) is 1. The van der Waals surface area contributed by atoms with E-state index in [0.717, 1.165) is 17.7 Å². The Hall–Kier alpha value is -4.07. The number of carbonyl (C=O) groups is 1. The zero-order chi connectivity index (χ0) is 26.2. The van der Waals surface area contributed by atoms with Crippen LogP contribution in [-0.4, -0.2) is 22.5 Å². The highest BCUT2D eigenvalue weighted by Gasteiger charge is 2.17. The lowest BCUT2D eigenvalue weighted by molar-refractivity contribution is -0.384. The molecule has 3 rings (SSSR count). The first kappa shape index (κ1) is 26.5. The van der Waals surface area contributed by atoms with Gasteiger partial charge in [-0.1, -0.05) is 23.7 Å². The maximum atomic E-state index is 12.6. The number of nitro groups is 1. The van der Waals surface area contributed by atoms with Crippen LogP contribution < -0.4 is 14.8 Å². The molecule has 0 unspecified atom stereocenters. The van der Waals surface area contributed by atoms with Crippen LogP contribution in [0.25, 0.3) is 6.08 Å². The lowest BCUT2D eigenvalue weighted by Crippen LogP contribution is -2.13. The average molecular weight is 573 g/mol. The Morgan fingerprint density at radius 3 is 2.56 bits per heavy atom. The van der Waals surface area contributed by atoms with Crippen LogP contribution in [0.2, 0.25) is 5.02 Å². The molecule has 0 saturated carbocycles. The van der Waals surface area contributed by atoms with E-state index in [1.165, 1.54) is 12.1 Å². The van der Waals surface area contributed by atoms with E-state index in [4.69, 9.17) is 21.1 Å². The van der Waals surface area contributed by atoms with Gasteiger partial charge >= 0.3 is 0 Å². The van der Waals surface area contributed by atoms with Crippen molar-refractivity contribution in [2.75, 3.05) is 11.9 Å². The minimum Gasteiger partial charge on any atom is -0.506 e. The molecule has 0 heterocycles. The number of amides is 1. The molecular weight excluding hydrogens is 554 g/mol. The molecule has 0 atom stereocenters. The minimum atomic E-state index is -0.807. The van der Waals surface area contributed by atoms with Gasteiger partial charge in [0.1, 0.15) is 24.0 Å². The molecule has 2 N–H and O–H groups in total. The fraction of sp³-hybridized carbons (Fsp3) is 0.120. The molecule has 3 aromatic carbocycles. The van der Waals surface area contributed by atoms with Crippen molar-refractivity contribution in [1.82, 2.24) is 0 Å². The van der Waals surface area contributed by atoms with Gasteiger partial charge in [0, 0.05) is 11.1 Å². The van der Waals surface area contributed by atoms with Crippen LogP contribution in [0.5, 0.6) is 17.2 Å². The van der Waals surface area contributed by atoms with Crippen LogP contribution in [0.4, 0.5) is 11.4 Å². The van der Waals surface area contributed by atoms with Crippen molar-refractivity contribution in [2.24, 2.45) is 0 Å². The molecular formula is C25H19BrClN3O6. The molecule has 184 valence electrons. The molecule has 0 aliphatic carbocycles. The molecule has 0 saturated heterocycles.